The Hall–Kier alpha value is -3.64. The SMILES string of the molecule is CC(C)OC[C@@H](O)COC(Cn1c2ccccc2c2ccccc21)Cn1c2ccccc2c2ccccc21. The number of aromatic nitrogens is 2. The second kappa shape index (κ2) is 10.6. The first kappa shape index (κ1) is 24.7. The Balaban J connectivity index is 1.39. The van der Waals surface area contributed by atoms with Gasteiger partial charge in [0.05, 0.1) is 38.5 Å². The molecule has 0 aliphatic carbocycles. The zero-order valence-electron chi connectivity index (χ0n) is 22.0. The second-order valence-corrected chi connectivity index (χ2v) is 10.3. The highest BCUT2D eigenvalue weighted by Gasteiger charge is 2.20. The van der Waals surface area contributed by atoms with Gasteiger partial charge in [0.25, 0.3) is 0 Å². The fraction of sp³-hybridized carbons (Fsp3) is 0.273. The lowest BCUT2D eigenvalue weighted by molar-refractivity contribution is -0.0614. The van der Waals surface area contributed by atoms with Crippen molar-refractivity contribution in [1.29, 1.82) is 0 Å². The number of hydrogen-bond acceptors (Lipinski definition) is 3. The molecule has 6 aromatic rings. The third-order valence-corrected chi connectivity index (χ3v) is 7.28. The van der Waals surface area contributed by atoms with Crippen molar-refractivity contribution in [2.24, 2.45) is 0 Å². The van der Waals surface area contributed by atoms with E-state index < -0.39 is 6.10 Å². The third kappa shape index (κ3) is 4.69. The highest BCUT2D eigenvalue weighted by Crippen LogP contribution is 2.31. The monoisotopic (exact) mass is 506 g/mol. The Kier molecular flexibility index (Phi) is 6.90. The van der Waals surface area contributed by atoms with Crippen LogP contribution in [0.3, 0.4) is 0 Å². The first-order chi connectivity index (χ1) is 18.6. The number of ether oxygens (including phenoxy) is 2. The maximum absolute atomic E-state index is 10.6. The van der Waals surface area contributed by atoms with Crippen LogP contribution in [0.1, 0.15) is 13.8 Å². The average molecular weight is 507 g/mol. The van der Waals surface area contributed by atoms with E-state index in [-0.39, 0.29) is 25.4 Å². The Morgan fingerprint density at radius 3 is 1.26 bits per heavy atom. The molecule has 0 aliphatic rings. The van der Waals surface area contributed by atoms with Gasteiger partial charge in [0.15, 0.2) is 0 Å². The van der Waals surface area contributed by atoms with Crippen molar-refractivity contribution in [3.63, 3.8) is 0 Å². The van der Waals surface area contributed by atoms with Gasteiger partial charge in [0.2, 0.25) is 0 Å². The topological polar surface area (TPSA) is 48.5 Å². The van der Waals surface area contributed by atoms with Crippen LogP contribution in [0.5, 0.6) is 0 Å². The van der Waals surface area contributed by atoms with Crippen LogP contribution >= 0.6 is 0 Å². The minimum atomic E-state index is -0.684. The number of rotatable bonds is 10. The van der Waals surface area contributed by atoms with Gasteiger partial charge >= 0.3 is 0 Å². The third-order valence-electron chi connectivity index (χ3n) is 7.28. The van der Waals surface area contributed by atoms with Gasteiger partial charge in [-0.05, 0) is 38.1 Å². The van der Waals surface area contributed by atoms with Crippen LogP contribution in [0, 0.1) is 0 Å². The summed E-state index contributed by atoms with van der Waals surface area (Å²) >= 11 is 0. The molecule has 1 N–H and O–H groups in total. The molecule has 0 spiro atoms. The summed E-state index contributed by atoms with van der Waals surface area (Å²) in [7, 11) is 0. The number of benzene rings is 4. The van der Waals surface area contributed by atoms with E-state index >= 15 is 0 Å². The van der Waals surface area contributed by atoms with E-state index in [0.717, 1.165) is 0 Å². The summed E-state index contributed by atoms with van der Waals surface area (Å²) in [6, 6.07) is 34.2. The molecule has 0 amide bonds. The molecule has 1 atom stereocenters. The zero-order valence-corrected chi connectivity index (χ0v) is 22.0. The molecule has 0 saturated carbocycles. The van der Waals surface area contributed by atoms with E-state index in [2.05, 4.69) is 106 Å². The van der Waals surface area contributed by atoms with E-state index in [9.17, 15) is 5.11 Å². The maximum Gasteiger partial charge on any atom is 0.101 e. The minimum Gasteiger partial charge on any atom is -0.388 e. The molecule has 2 heterocycles. The smallest absolute Gasteiger partial charge is 0.101 e. The first-order valence-electron chi connectivity index (χ1n) is 13.4. The summed E-state index contributed by atoms with van der Waals surface area (Å²) in [5.74, 6) is 0. The molecule has 0 fully saturated rings. The van der Waals surface area contributed by atoms with Crippen molar-refractivity contribution < 1.29 is 14.6 Å². The summed E-state index contributed by atoms with van der Waals surface area (Å²) in [6.45, 7) is 5.74. The average Bonchev–Trinajstić information content (AvgIpc) is 3.44. The van der Waals surface area contributed by atoms with Gasteiger partial charge < -0.3 is 23.7 Å². The number of para-hydroxylation sites is 4. The predicted octanol–water partition coefficient (Wildman–Crippen LogP) is 6.77. The summed E-state index contributed by atoms with van der Waals surface area (Å²) in [5.41, 5.74) is 4.75. The van der Waals surface area contributed by atoms with Gasteiger partial charge in [-0.2, -0.15) is 0 Å². The number of nitrogens with zero attached hydrogens (tertiary/aromatic N) is 2. The zero-order chi connectivity index (χ0) is 26.1. The summed E-state index contributed by atoms with van der Waals surface area (Å²) < 4.78 is 16.9. The second-order valence-electron chi connectivity index (χ2n) is 10.3. The maximum atomic E-state index is 10.6. The van der Waals surface area contributed by atoms with Gasteiger partial charge in [-0.25, -0.2) is 0 Å². The minimum absolute atomic E-state index is 0.0654. The molecule has 0 radical (unpaired) electrons. The Morgan fingerprint density at radius 2 is 0.895 bits per heavy atom. The summed E-state index contributed by atoms with van der Waals surface area (Å²) in [4.78, 5) is 0. The Bertz CT molecular complexity index is 1470. The van der Waals surface area contributed by atoms with E-state index in [1.165, 1.54) is 43.6 Å². The van der Waals surface area contributed by atoms with E-state index in [4.69, 9.17) is 9.47 Å². The largest absolute Gasteiger partial charge is 0.388 e. The van der Waals surface area contributed by atoms with Crippen LogP contribution in [-0.2, 0) is 22.6 Å². The first-order valence-corrected chi connectivity index (χ1v) is 13.4. The molecule has 0 aliphatic heterocycles. The van der Waals surface area contributed by atoms with E-state index in [1.807, 2.05) is 13.8 Å². The fourth-order valence-corrected chi connectivity index (χ4v) is 5.57. The number of hydrogen-bond donors (Lipinski definition) is 1. The summed E-state index contributed by atoms with van der Waals surface area (Å²) in [6.07, 6.45) is -0.797. The predicted molar refractivity (Wildman–Crippen MR) is 156 cm³/mol. The molecule has 5 nitrogen and oxygen atoms in total. The highest BCUT2D eigenvalue weighted by atomic mass is 16.5. The van der Waals surface area contributed by atoms with Crippen molar-refractivity contribution in [1.82, 2.24) is 9.13 Å². The van der Waals surface area contributed by atoms with Crippen LogP contribution < -0.4 is 0 Å². The van der Waals surface area contributed by atoms with Crippen LogP contribution in [0.15, 0.2) is 97.1 Å². The summed E-state index contributed by atoms with van der Waals surface area (Å²) in [5, 5.41) is 15.6. The Morgan fingerprint density at radius 1 is 0.553 bits per heavy atom. The molecular formula is C33H34N2O3. The molecule has 0 unspecified atom stereocenters. The van der Waals surface area contributed by atoms with E-state index in [1.54, 1.807) is 0 Å². The van der Waals surface area contributed by atoms with Crippen molar-refractivity contribution in [2.75, 3.05) is 13.2 Å². The lowest BCUT2D eigenvalue weighted by atomic mass is 10.2. The van der Waals surface area contributed by atoms with Crippen molar-refractivity contribution in [3.8, 4) is 0 Å². The lowest BCUT2D eigenvalue weighted by Crippen LogP contribution is -2.31. The molecule has 4 aromatic carbocycles. The molecule has 6 rings (SSSR count). The van der Waals surface area contributed by atoms with Gasteiger partial charge in [-0.15, -0.1) is 0 Å². The molecule has 5 heteroatoms. The lowest BCUT2D eigenvalue weighted by Gasteiger charge is -2.23. The quantitative estimate of drug-likeness (QED) is 0.223. The van der Waals surface area contributed by atoms with Crippen molar-refractivity contribution in [3.05, 3.63) is 97.1 Å². The standard InChI is InChI=1S/C33H34N2O3/c1-23(2)37-21-24(36)22-38-25(19-34-30-15-7-3-11-26(30)27-12-4-8-16-31(27)34)20-35-32-17-9-5-13-28(32)29-14-6-10-18-33(29)35/h3-18,23-25,36H,19-22H2,1-2H3/t24-/m1/s1. The van der Waals surface area contributed by atoms with Gasteiger partial charge in [-0.1, -0.05) is 72.8 Å². The normalized spacial score (nSPS) is 13.1. The molecule has 2 aromatic heterocycles. The van der Waals surface area contributed by atoms with Crippen LogP contribution in [0.4, 0.5) is 0 Å². The van der Waals surface area contributed by atoms with Crippen molar-refractivity contribution >= 4 is 43.6 Å². The van der Waals surface area contributed by atoms with Crippen molar-refractivity contribution in [2.45, 2.75) is 45.2 Å². The number of aliphatic hydroxyl groups is 1. The van der Waals surface area contributed by atoms with E-state index in [0.29, 0.717) is 13.1 Å². The molecule has 38 heavy (non-hydrogen) atoms. The fourth-order valence-electron chi connectivity index (χ4n) is 5.57. The van der Waals surface area contributed by atoms with Crippen LogP contribution in [0.2, 0.25) is 0 Å². The molecule has 0 saturated heterocycles. The van der Waals surface area contributed by atoms with Crippen LogP contribution in [0.25, 0.3) is 43.6 Å². The molecule has 194 valence electrons. The molecular weight excluding hydrogens is 472 g/mol. The van der Waals surface area contributed by atoms with Gasteiger partial charge in [-0.3, -0.25) is 0 Å². The highest BCUT2D eigenvalue weighted by molar-refractivity contribution is 6.08. The number of aliphatic hydroxyl groups excluding tert-OH is 1. The van der Waals surface area contributed by atoms with Crippen LogP contribution in [-0.4, -0.2) is 45.8 Å². The molecule has 0 bridgehead atoms. The van der Waals surface area contributed by atoms with Gasteiger partial charge in [0, 0.05) is 43.6 Å². The Labute approximate surface area is 222 Å². The van der Waals surface area contributed by atoms with Gasteiger partial charge in [0.1, 0.15) is 6.10 Å². The number of fused-ring (bicyclic) bond motifs is 6.